The highest BCUT2D eigenvalue weighted by molar-refractivity contribution is 5.76. The number of ether oxygens (including phenoxy) is 2. The Kier molecular flexibility index (Phi) is 5.50. The van der Waals surface area contributed by atoms with Crippen LogP contribution in [0, 0.1) is 0 Å². The number of anilines is 1. The minimum absolute atomic E-state index is 0.0405. The SMILES string of the molecule is CNC(=O)CCOC(=O)COc1cccc(N)c1. The summed E-state index contributed by atoms with van der Waals surface area (Å²) in [6, 6.07) is 6.74. The Hall–Kier alpha value is -2.24. The molecule has 0 heterocycles. The van der Waals surface area contributed by atoms with Gasteiger partial charge >= 0.3 is 5.97 Å². The summed E-state index contributed by atoms with van der Waals surface area (Å²) in [5.74, 6) is -0.209. The van der Waals surface area contributed by atoms with Crippen molar-refractivity contribution in [1.29, 1.82) is 0 Å². The van der Waals surface area contributed by atoms with Crippen molar-refractivity contribution in [2.75, 3.05) is 26.0 Å². The first kappa shape index (κ1) is 13.8. The summed E-state index contributed by atoms with van der Waals surface area (Å²) in [7, 11) is 1.52. The number of carbonyl (C=O) groups excluding carboxylic acids is 2. The molecule has 0 atom stereocenters. The Balaban J connectivity index is 2.23. The van der Waals surface area contributed by atoms with Gasteiger partial charge in [-0.15, -0.1) is 0 Å². The van der Waals surface area contributed by atoms with Crippen LogP contribution in [0.25, 0.3) is 0 Å². The molecule has 6 nitrogen and oxygen atoms in total. The van der Waals surface area contributed by atoms with Gasteiger partial charge in [-0.2, -0.15) is 0 Å². The lowest BCUT2D eigenvalue weighted by Gasteiger charge is -2.07. The predicted octanol–water partition coefficient (Wildman–Crippen LogP) is 0.327. The van der Waals surface area contributed by atoms with Crippen LogP contribution in [0.4, 0.5) is 5.69 Å². The van der Waals surface area contributed by atoms with Crippen molar-refractivity contribution in [2.24, 2.45) is 0 Å². The molecule has 0 bridgehead atoms. The van der Waals surface area contributed by atoms with E-state index in [0.29, 0.717) is 11.4 Å². The molecular weight excluding hydrogens is 236 g/mol. The molecule has 1 aromatic rings. The van der Waals surface area contributed by atoms with Gasteiger partial charge in [0.05, 0.1) is 6.42 Å². The van der Waals surface area contributed by atoms with Crippen LogP contribution < -0.4 is 15.8 Å². The molecule has 6 heteroatoms. The predicted molar refractivity (Wildman–Crippen MR) is 66.0 cm³/mol. The maximum atomic E-state index is 11.3. The third-order valence-electron chi connectivity index (χ3n) is 2.09. The number of hydrogen-bond donors (Lipinski definition) is 2. The van der Waals surface area contributed by atoms with Gasteiger partial charge in [0.2, 0.25) is 5.91 Å². The van der Waals surface area contributed by atoms with E-state index >= 15 is 0 Å². The fourth-order valence-corrected chi connectivity index (χ4v) is 1.17. The molecule has 0 saturated heterocycles. The lowest BCUT2D eigenvalue weighted by atomic mass is 10.3. The van der Waals surface area contributed by atoms with Crippen molar-refractivity contribution in [3.05, 3.63) is 24.3 Å². The standard InChI is InChI=1S/C12H16N2O4/c1-14-11(15)5-6-17-12(16)8-18-10-4-2-3-9(13)7-10/h2-4,7H,5-6,8,13H2,1H3,(H,14,15). The maximum absolute atomic E-state index is 11.3. The van der Waals surface area contributed by atoms with Crippen LogP contribution in [-0.4, -0.2) is 32.1 Å². The highest BCUT2D eigenvalue weighted by Crippen LogP contribution is 2.14. The first-order chi connectivity index (χ1) is 8.61. The number of carbonyl (C=O) groups is 2. The van der Waals surface area contributed by atoms with E-state index in [1.165, 1.54) is 7.05 Å². The Morgan fingerprint density at radius 1 is 1.39 bits per heavy atom. The molecule has 1 amide bonds. The van der Waals surface area contributed by atoms with Gasteiger partial charge in [0.25, 0.3) is 0 Å². The molecule has 0 aliphatic rings. The lowest BCUT2D eigenvalue weighted by Crippen LogP contribution is -2.22. The summed E-state index contributed by atoms with van der Waals surface area (Å²) in [5.41, 5.74) is 6.11. The van der Waals surface area contributed by atoms with Crippen molar-refractivity contribution >= 4 is 17.6 Å². The molecule has 3 N–H and O–H groups in total. The van der Waals surface area contributed by atoms with Gasteiger partial charge in [0, 0.05) is 18.8 Å². The number of esters is 1. The second-order valence-electron chi connectivity index (χ2n) is 3.50. The Bertz CT molecular complexity index is 420. The maximum Gasteiger partial charge on any atom is 0.344 e. The van der Waals surface area contributed by atoms with Crippen molar-refractivity contribution in [1.82, 2.24) is 5.32 Å². The zero-order chi connectivity index (χ0) is 13.4. The molecule has 1 aromatic carbocycles. The lowest BCUT2D eigenvalue weighted by molar-refractivity contribution is -0.146. The largest absolute Gasteiger partial charge is 0.482 e. The van der Waals surface area contributed by atoms with Crippen LogP contribution in [-0.2, 0) is 14.3 Å². The molecule has 0 aliphatic heterocycles. The van der Waals surface area contributed by atoms with Gasteiger partial charge < -0.3 is 20.5 Å². The number of nitrogens with one attached hydrogen (secondary N) is 1. The van der Waals surface area contributed by atoms with Crippen molar-refractivity contribution < 1.29 is 19.1 Å². The normalized spacial score (nSPS) is 9.61. The molecule has 0 unspecified atom stereocenters. The highest BCUT2D eigenvalue weighted by Gasteiger charge is 2.06. The fraction of sp³-hybridized carbons (Fsp3) is 0.333. The second-order valence-corrected chi connectivity index (χ2v) is 3.50. The minimum Gasteiger partial charge on any atom is -0.482 e. The summed E-state index contributed by atoms with van der Waals surface area (Å²) < 4.78 is 9.99. The van der Waals surface area contributed by atoms with Gasteiger partial charge in [0.1, 0.15) is 12.4 Å². The number of benzene rings is 1. The summed E-state index contributed by atoms with van der Waals surface area (Å²) in [6.45, 7) is -0.171. The number of amides is 1. The summed E-state index contributed by atoms with van der Waals surface area (Å²) >= 11 is 0. The Labute approximate surface area is 105 Å². The zero-order valence-corrected chi connectivity index (χ0v) is 10.1. The molecular formula is C12H16N2O4. The third kappa shape index (κ3) is 5.20. The van der Waals surface area contributed by atoms with E-state index < -0.39 is 5.97 Å². The van der Waals surface area contributed by atoms with Crippen molar-refractivity contribution in [3.8, 4) is 5.75 Å². The average molecular weight is 252 g/mol. The Morgan fingerprint density at radius 2 is 2.17 bits per heavy atom. The third-order valence-corrected chi connectivity index (χ3v) is 2.09. The summed E-state index contributed by atoms with van der Waals surface area (Å²) in [5, 5.41) is 2.43. The first-order valence-corrected chi connectivity index (χ1v) is 5.46. The van der Waals surface area contributed by atoms with E-state index in [-0.39, 0.29) is 25.5 Å². The summed E-state index contributed by atoms with van der Waals surface area (Å²) in [4.78, 5) is 22.1. The average Bonchev–Trinajstić information content (AvgIpc) is 2.36. The quantitative estimate of drug-likeness (QED) is 0.562. The molecule has 98 valence electrons. The second kappa shape index (κ2) is 7.16. The number of nitrogens with two attached hydrogens (primary N) is 1. The van der Waals surface area contributed by atoms with Crippen LogP contribution in [0.1, 0.15) is 6.42 Å². The highest BCUT2D eigenvalue weighted by atomic mass is 16.6. The van der Waals surface area contributed by atoms with E-state index in [4.69, 9.17) is 15.2 Å². The van der Waals surface area contributed by atoms with Crippen LogP contribution in [0.3, 0.4) is 0 Å². The number of rotatable bonds is 6. The van der Waals surface area contributed by atoms with Crippen LogP contribution in [0.15, 0.2) is 24.3 Å². The smallest absolute Gasteiger partial charge is 0.344 e. The number of hydrogen-bond acceptors (Lipinski definition) is 5. The summed E-state index contributed by atoms with van der Waals surface area (Å²) in [6.07, 6.45) is 0.139. The van der Waals surface area contributed by atoms with Gasteiger partial charge in [-0.05, 0) is 12.1 Å². The van der Waals surface area contributed by atoms with Gasteiger partial charge in [-0.1, -0.05) is 6.07 Å². The van der Waals surface area contributed by atoms with Gasteiger partial charge in [-0.3, -0.25) is 4.79 Å². The minimum atomic E-state index is -0.527. The topological polar surface area (TPSA) is 90.6 Å². The van der Waals surface area contributed by atoms with Crippen molar-refractivity contribution in [2.45, 2.75) is 6.42 Å². The van der Waals surface area contributed by atoms with E-state index in [1.54, 1.807) is 24.3 Å². The molecule has 0 saturated carbocycles. The van der Waals surface area contributed by atoms with Crippen molar-refractivity contribution in [3.63, 3.8) is 0 Å². The van der Waals surface area contributed by atoms with Crippen LogP contribution in [0.2, 0.25) is 0 Å². The zero-order valence-electron chi connectivity index (χ0n) is 10.1. The van der Waals surface area contributed by atoms with Crippen LogP contribution >= 0.6 is 0 Å². The molecule has 18 heavy (non-hydrogen) atoms. The molecule has 1 rings (SSSR count). The monoisotopic (exact) mass is 252 g/mol. The van der Waals surface area contributed by atoms with Gasteiger partial charge in [0.15, 0.2) is 6.61 Å². The molecule has 0 fully saturated rings. The Morgan fingerprint density at radius 3 is 2.83 bits per heavy atom. The van der Waals surface area contributed by atoms with Gasteiger partial charge in [-0.25, -0.2) is 4.79 Å². The van der Waals surface area contributed by atoms with E-state index in [9.17, 15) is 9.59 Å². The first-order valence-electron chi connectivity index (χ1n) is 5.46. The van der Waals surface area contributed by atoms with E-state index in [0.717, 1.165) is 0 Å². The van der Waals surface area contributed by atoms with E-state index in [2.05, 4.69) is 5.32 Å². The molecule has 0 radical (unpaired) electrons. The van der Waals surface area contributed by atoms with E-state index in [1.807, 2.05) is 0 Å². The molecule has 0 aromatic heterocycles. The molecule has 0 aliphatic carbocycles. The fourth-order valence-electron chi connectivity index (χ4n) is 1.17. The number of nitrogen functional groups attached to an aromatic ring is 1. The molecule has 0 spiro atoms. The van der Waals surface area contributed by atoms with Crippen LogP contribution in [0.5, 0.6) is 5.75 Å².